The fraction of sp³-hybridized carbons (Fsp3) is 0.429. The first-order chi connectivity index (χ1) is 9.38. The van der Waals surface area contributed by atoms with E-state index >= 15 is 0 Å². The van der Waals surface area contributed by atoms with Gasteiger partial charge in [-0.1, -0.05) is 25.4 Å². The Kier molecular flexibility index (Phi) is 4.70. The first kappa shape index (κ1) is 15.3. The van der Waals surface area contributed by atoms with Crippen molar-refractivity contribution in [1.82, 2.24) is 5.32 Å². The van der Waals surface area contributed by atoms with Gasteiger partial charge in [-0.15, -0.1) is 0 Å². The minimum Gasteiger partial charge on any atom is -0.343 e. The van der Waals surface area contributed by atoms with Crippen LogP contribution in [0.5, 0.6) is 0 Å². The maximum Gasteiger partial charge on any atom is 0.250 e. The van der Waals surface area contributed by atoms with E-state index in [0.29, 0.717) is 23.0 Å². The Morgan fingerprint density at radius 2 is 2.15 bits per heavy atom. The molecule has 1 fully saturated rings. The summed E-state index contributed by atoms with van der Waals surface area (Å²) in [6.45, 7) is 4.08. The molecule has 2 rings (SSSR count). The summed E-state index contributed by atoms with van der Waals surface area (Å²) in [6, 6.07) is 4.78. The molecule has 0 saturated carbocycles. The molecule has 108 valence electrons. The molecule has 0 bridgehead atoms. The summed E-state index contributed by atoms with van der Waals surface area (Å²) < 4.78 is 0.760. The Morgan fingerprint density at radius 1 is 1.45 bits per heavy atom. The third-order valence-electron chi connectivity index (χ3n) is 3.12. The summed E-state index contributed by atoms with van der Waals surface area (Å²) in [5.74, 6) is 0.101. The number of hydrogen-bond acceptors (Lipinski definition) is 2. The quantitative estimate of drug-likeness (QED) is 0.902. The molecule has 1 atom stereocenters. The Morgan fingerprint density at radius 3 is 2.75 bits per heavy atom. The van der Waals surface area contributed by atoms with E-state index in [2.05, 4.69) is 21.2 Å². The number of halogens is 2. The Bertz CT molecular complexity index is 548. The zero-order chi connectivity index (χ0) is 14.9. The van der Waals surface area contributed by atoms with E-state index < -0.39 is 6.04 Å². The molecule has 4 nitrogen and oxygen atoms in total. The lowest BCUT2D eigenvalue weighted by atomic mass is 10.0. The third kappa shape index (κ3) is 3.33. The van der Waals surface area contributed by atoms with Gasteiger partial charge in [-0.3, -0.25) is 9.59 Å². The average Bonchev–Trinajstić information content (AvgIpc) is 2.36. The average molecular weight is 360 g/mol. The van der Waals surface area contributed by atoms with Gasteiger partial charge in [-0.2, -0.15) is 0 Å². The van der Waals surface area contributed by atoms with Gasteiger partial charge in [0.1, 0.15) is 12.6 Å². The predicted octanol–water partition coefficient (Wildman–Crippen LogP) is 2.98. The lowest BCUT2D eigenvalue weighted by molar-refractivity contribution is -0.131. The van der Waals surface area contributed by atoms with Gasteiger partial charge in [0.15, 0.2) is 0 Å². The van der Waals surface area contributed by atoms with Crippen LogP contribution < -0.4 is 10.2 Å². The lowest BCUT2D eigenvalue weighted by Gasteiger charge is -2.33. The molecule has 6 heteroatoms. The number of amides is 2. The summed E-state index contributed by atoms with van der Waals surface area (Å²) in [5.41, 5.74) is 0.645. The molecule has 1 aliphatic heterocycles. The molecular weight excluding hydrogens is 344 g/mol. The van der Waals surface area contributed by atoms with E-state index in [1.54, 1.807) is 18.2 Å². The Labute approximate surface area is 131 Å². The zero-order valence-electron chi connectivity index (χ0n) is 11.3. The van der Waals surface area contributed by atoms with Crippen LogP contribution in [0.25, 0.3) is 0 Å². The highest BCUT2D eigenvalue weighted by molar-refractivity contribution is 9.10. The van der Waals surface area contributed by atoms with E-state index in [9.17, 15) is 9.59 Å². The fourth-order valence-electron chi connectivity index (χ4n) is 2.21. The molecule has 0 radical (unpaired) electrons. The molecule has 1 unspecified atom stereocenters. The number of carbonyl (C=O) groups is 2. The molecule has 0 aromatic heterocycles. The molecule has 1 heterocycles. The number of nitrogens with zero attached hydrogens (tertiary/aromatic N) is 1. The molecule has 1 N–H and O–H groups in total. The van der Waals surface area contributed by atoms with Crippen LogP contribution in [-0.2, 0) is 9.59 Å². The zero-order valence-corrected chi connectivity index (χ0v) is 13.7. The van der Waals surface area contributed by atoms with E-state index in [4.69, 9.17) is 11.6 Å². The summed E-state index contributed by atoms with van der Waals surface area (Å²) in [4.78, 5) is 25.7. The van der Waals surface area contributed by atoms with Crippen molar-refractivity contribution in [2.24, 2.45) is 5.92 Å². The van der Waals surface area contributed by atoms with Crippen molar-refractivity contribution in [2.75, 3.05) is 11.4 Å². The summed E-state index contributed by atoms with van der Waals surface area (Å²) in [6.07, 6.45) is 0.630. The van der Waals surface area contributed by atoms with Gasteiger partial charge < -0.3 is 10.2 Å². The second-order valence-corrected chi connectivity index (χ2v) is 6.53. The Balaban J connectivity index is 2.27. The predicted molar refractivity (Wildman–Crippen MR) is 82.9 cm³/mol. The Hall–Kier alpha value is -1.07. The van der Waals surface area contributed by atoms with Gasteiger partial charge in [0.25, 0.3) is 0 Å². The lowest BCUT2D eigenvalue weighted by Crippen LogP contribution is -2.58. The van der Waals surface area contributed by atoms with Crippen molar-refractivity contribution in [3.8, 4) is 0 Å². The number of piperazine rings is 1. The SMILES string of the molecule is CC(C)CC1NC(=O)CN(c2ccc(Br)c(Cl)c2)C1=O. The highest BCUT2D eigenvalue weighted by atomic mass is 79.9. The van der Waals surface area contributed by atoms with Gasteiger partial charge >= 0.3 is 0 Å². The minimum absolute atomic E-state index is 0.0331. The summed E-state index contributed by atoms with van der Waals surface area (Å²) in [5, 5.41) is 3.27. The van der Waals surface area contributed by atoms with Gasteiger partial charge in [-0.25, -0.2) is 0 Å². The van der Waals surface area contributed by atoms with Gasteiger partial charge in [-0.05, 0) is 46.5 Å². The number of rotatable bonds is 3. The van der Waals surface area contributed by atoms with Crippen LogP contribution in [0.1, 0.15) is 20.3 Å². The first-order valence-corrected chi connectivity index (χ1v) is 7.61. The van der Waals surface area contributed by atoms with Crippen LogP contribution in [0.2, 0.25) is 5.02 Å². The third-order valence-corrected chi connectivity index (χ3v) is 4.36. The van der Waals surface area contributed by atoms with Crippen molar-refractivity contribution in [2.45, 2.75) is 26.3 Å². The molecule has 1 aromatic carbocycles. The van der Waals surface area contributed by atoms with Crippen LogP contribution in [0.15, 0.2) is 22.7 Å². The van der Waals surface area contributed by atoms with E-state index in [1.807, 2.05) is 13.8 Å². The van der Waals surface area contributed by atoms with Crippen LogP contribution in [-0.4, -0.2) is 24.4 Å². The highest BCUT2D eigenvalue weighted by Crippen LogP contribution is 2.28. The van der Waals surface area contributed by atoms with E-state index in [0.717, 1.165) is 4.47 Å². The standard InChI is InChI=1S/C14H16BrClN2O2/c1-8(2)5-12-14(20)18(7-13(19)17-12)9-3-4-10(15)11(16)6-9/h3-4,6,8,12H,5,7H2,1-2H3,(H,17,19). The van der Waals surface area contributed by atoms with Crippen LogP contribution in [0, 0.1) is 5.92 Å². The second kappa shape index (κ2) is 6.14. The monoisotopic (exact) mass is 358 g/mol. The molecule has 1 aromatic rings. The largest absolute Gasteiger partial charge is 0.343 e. The van der Waals surface area contributed by atoms with Gasteiger partial charge in [0.2, 0.25) is 11.8 Å². The van der Waals surface area contributed by atoms with Crippen molar-refractivity contribution < 1.29 is 9.59 Å². The number of benzene rings is 1. The molecule has 0 aliphatic carbocycles. The topological polar surface area (TPSA) is 49.4 Å². The maximum atomic E-state index is 12.5. The maximum absolute atomic E-state index is 12.5. The summed E-state index contributed by atoms with van der Waals surface area (Å²) in [7, 11) is 0. The number of carbonyl (C=O) groups excluding carboxylic acids is 2. The molecule has 2 amide bonds. The molecule has 20 heavy (non-hydrogen) atoms. The van der Waals surface area contributed by atoms with E-state index in [1.165, 1.54) is 4.90 Å². The van der Waals surface area contributed by atoms with Crippen molar-refractivity contribution in [1.29, 1.82) is 0 Å². The van der Waals surface area contributed by atoms with Crippen LogP contribution in [0.3, 0.4) is 0 Å². The van der Waals surface area contributed by atoms with Crippen LogP contribution >= 0.6 is 27.5 Å². The number of hydrogen-bond donors (Lipinski definition) is 1. The molecular formula is C14H16BrClN2O2. The highest BCUT2D eigenvalue weighted by Gasteiger charge is 2.33. The molecule has 0 spiro atoms. The van der Waals surface area contributed by atoms with Gasteiger partial charge in [0, 0.05) is 10.2 Å². The number of nitrogens with one attached hydrogen (secondary N) is 1. The van der Waals surface area contributed by atoms with E-state index in [-0.39, 0.29) is 18.4 Å². The molecule has 1 saturated heterocycles. The molecule has 1 aliphatic rings. The summed E-state index contributed by atoms with van der Waals surface area (Å²) >= 11 is 9.36. The van der Waals surface area contributed by atoms with Crippen molar-refractivity contribution >= 4 is 45.0 Å². The van der Waals surface area contributed by atoms with Crippen LogP contribution in [0.4, 0.5) is 5.69 Å². The smallest absolute Gasteiger partial charge is 0.250 e. The van der Waals surface area contributed by atoms with Crippen molar-refractivity contribution in [3.63, 3.8) is 0 Å². The number of anilines is 1. The normalized spacial score (nSPS) is 19.4. The second-order valence-electron chi connectivity index (χ2n) is 5.27. The minimum atomic E-state index is -0.460. The first-order valence-electron chi connectivity index (χ1n) is 6.44. The van der Waals surface area contributed by atoms with Crippen molar-refractivity contribution in [3.05, 3.63) is 27.7 Å². The fourth-order valence-corrected chi connectivity index (χ4v) is 2.64. The van der Waals surface area contributed by atoms with Gasteiger partial charge in [0.05, 0.1) is 5.02 Å².